The van der Waals surface area contributed by atoms with Gasteiger partial charge in [-0.1, -0.05) is 24.6 Å². The summed E-state index contributed by atoms with van der Waals surface area (Å²) in [5, 5.41) is 6.24. The molecule has 0 radical (unpaired) electrons. The highest BCUT2D eigenvalue weighted by atomic mass is 35.5. The Bertz CT molecular complexity index is 1510. The first-order chi connectivity index (χ1) is 21.1. The van der Waals surface area contributed by atoms with Gasteiger partial charge in [-0.3, -0.25) is 9.59 Å². The van der Waals surface area contributed by atoms with Gasteiger partial charge in [-0.05, 0) is 74.3 Å². The zero-order valence-electron chi connectivity index (χ0n) is 24.6. The minimum absolute atomic E-state index is 0.0906. The number of aromatic nitrogens is 1. The summed E-state index contributed by atoms with van der Waals surface area (Å²) in [6, 6.07) is 12.5. The van der Waals surface area contributed by atoms with Crippen LogP contribution in [0.15, 0.2) is 54.7 Å². The van der Waals surface area contributed by atoms with Crippen LogP contribution in [0.4, 0.5) is 18.9 Å². The van der Waals surface area contributed by atoms with Gasteiger partial charge in [-0.25, -0.2) is 4.98 Å². The van der Waals surface area contributed by atoms with Crippen molar-refractivity contribution in [2.75, 3.05) is 44.2 Å². The standard InChI is InChI=1S/C32H35ClF3N5O3/c1-3-23-19-40(31(43)25-9-8-21(33)17-27(25)32(34,35)36)14-15-41(23)28-10-7-20(24-6-5-12-38-30(24)44-4-2)16-26(28)29(42)39-18-22-11-13-37-22/h5-10,12,16-17,22-23,37H,3-4,11,13-15,18-19H2,1-2H3,(H,39,42)/t22-,23-/m1/s1. The number of nitrogens with one attached hydrogen (secondary N) is 2. The van der Waals surface area contributed by atoms with Crippen LogP contribution in [0.5, 0.6) is 5.88 Å². The van der Waals surface area contributed by atoms with Crippen LogP contribution in [0, 0.1) is 0 Å². The number of hydrogen-bond acceptors (Lipinski definition) is 6. The number of benzene rings is 2. The molecule has 5 rings (SSSR count). The lowest BCUT2D eigenvalue weighted by atomic mass is 9.98. The van der Waals surface area contributed by atoms with E-state index in [4.69, 9.17) is 16.3 Å². The molecule has 2 N–H and O–H groups in total. The van der Waals surface area contributed by atoms with Crippen molar-refractivity contribution in [3.05, 3.63) is 76.4 Å². The second kappa shape index (κ2) is 13.4. The lowest BCUT2D eigenvalue weighted by Gasteiger charge is -2.43. The average molecular weight is 630 g/mol. The van der Waals surface area contributed by atoms with Crippen molar-refractivity contribution >= 4 is 29.1 Å². The van der Waals surface area contributed by atoms with E-state index >= 15 is 0 Å². The number of piperazine rings is 1. The molecule has 0 aliphatic carbocycles. The van der Waals surface area contributed by atoms with E-state index < -0.39 is 23.2 Å². The monoisotopic (exact) mass is 629 g/mol. The maximum atomic E-state index is 13.8. The molecule has 2 aliphatic heterocycles. The van der Waals surface area contributed by atoms with Crippen molar-refractivity contribution < 1.29 is 27.5 Å². The Morgan fingerprint density at radius 2 is 1.91 bits per heavy atom. The van der Waals surface area contributed by atoms with Gasteiger partial charge in [0.1, 0.15) is 0 Å². The second-order valence-electron chi connectivity index (χ2n) is 10.9. The first-order valence-electron chi connectivity index (χ1n) is 14.8. The van der Waals surface area contributed by atoms with Crippen LogP contribution in [-0.2, 0) is 6.18 Å². The van der Waals surface area contributed by atoms with Gasteiger partial charge in [0, 0.05) is 60.7 Å². The molecule has 3 heterocycles. The lowest BCUT2D eigenvalue weighted by molar-refractivity contribution is -0.138. The number of amides is 2. The van der Waals surface area contributed by atoms with Crippen LogP contribution in [0.2, 0.25) is 5.02 Å². The molecular weight excluding hydrogens is 595 g/mol. The fraction of sp³-hybridized carbons (Fsp3) is 0.406. The highest BCUT2D eigenvalue weighted by Gasteiger charge is 2.38. The summed E-state index contributed by atoms with van der Waals surface area (Å²) in [6.45, 7) is 6.39. The minimum Gasteiger partial charge on any atom is -0.478 e. The molecule has 2 fully saturated rings. The number of ether oxygens (including phenoxy) is 1. The summed E-state index contributed by atoms with van der Waals surface area (Å²) < 4.78 is 47.1. The summed E-state index contributed by atoms with van der Waals surface area (Å²) in [5.74, 6) is -0.470. The van der Waals surface area contributed by atoms with Gasteiger partial charge in [-0.2, -0.15) is 13.2 Å². The van der Waals surface area contributed by atoms with Crippen LogP contribution in [-0.4, -0.2) is 73.1 Å². The minimum atomic E-state index is -4.73. The number of carbonyl (C=O) groups is 2. The first kappa shape index (κ1) is 31.6. The van der Waals surface area contributed by atoms with E-state index in [1.807, 2.05) is 44.2 Å². The second-order valence-corrected chi connectivity index (χ2v) is 11.3. The normalized spacial score (nSPS) is 18.5. The number of pyridine rings is 1. The summed E-state index contributed by atoms with van der Waals surface area (Å²) >= 11 is 5.83. The van der Waals surface area contributed by atoms with E-state index in [9.17, 15) is 22.8 Å². The fourth-order valence-electron chi connectivity index (χ4n) is 5.65. The molecule has 44 heavy (non-hydrogen) atoms. The fourth-order valence-corrected chi connectivity index (χ4v) is 5.82. The first-order valence-corrected chi connectivity index (χ1v) is 15.1. The zero-order chi connectivity index (χ0) is 31.4. The van der Waals surface area contributed by atoms with Crippen LogP contribution in [0.25, 0.3) is 11.1 Å². The predicted octanol–water partition coefficient (Wildman–Crippen LogP) is 5.65. The molecule has 2 saturated heterocycles. The topological polar surface area (TPSA) is 86.8 Å². The van der Waals surface area contributed by atoms with Gasteiger partial charge in [0.05, 0.1) is 23.3 Å². The summed E-state index contributed by atoms with van der Waals surface area (Å²) in [4.78, 5) is 34.9. The van der Waals surface area contributed by atoms with Gasteiger partial charge < -0.3 is 25.2 Å². The molecule has 1 aromatic heterocycles. The largest absolute Gasteiger partial charge is 0.478 e. The average Bonchev–Trinajstić information content (AvgIpc) is 2.99. The molecule has 2 atom stereocenters. The molecule has 2 amide bonds. The molecule has 234 valence electrons. The van der Waals surface area contributed by atoms with Crippen molar-refractivity contribution in [2.45, 2.75) is 44.9 Å². The molecule has 3 aromatic rings. The Balaban J connectivity index is 1.45. The van der Waals surface area contributed by atoms with E-state index in [0.29, 0.717) is 43.2 Å². The third-order valence-electron chi connectivity index (χ3n) is 8.11. The molecule has 12 heteroatoms. The van der Waals surface area contributed by atoms with Crippen molar-refractivity contribution in [3.8, 4) is 17.0 Å². The van der Waals surface area contributed by atoms with Crippen LogP contribution < -0.4 is 20.3 Å². The Labute approximate surface area is 259 Å². The number of rotatable bonds is 9. The molecule has 2 aliphatic rings. The van der Waals surface area contributed by atoms with Crippen LogP contribution >= 0.6 is 11.6 Å². The number of anilines is 1. The molecule has 0 spiro atoms. The zero-order valence-corrected chi connectivity index (χ0v) is 25.3. The third-order valence-corrected chi connectivity index (χ3v) is 8.34. The molecule has 0 unspecified atom stereocenters. The summed E-state index contributed by atoms with van der Waals surface area (Å²) in [6.07, 6.45) is -1.49. The Morgan fingerprint density at radius 1 is 1.11 bits per heavy atom. The molecule has 0 saturated carbocycles. The van der Waals surface area contributed by atoms with E-state index in [-0.39, 0.29) is 36.1 Å². The van der Waals surface area contributed by atoms with Crippen molar-refractivity contribution in [1.82, 2.24) is 20.5 Å². The number of carbonyl (C=O) groups excluding carboxylic acids is 2. The number of hydrogen-bond donors (Lipinski definition) is 2. The number of nitrogens with zero attached hydrogens (tertiary/aromatic N) is 3. The molecule has 2 aromatic carbocycles. The molecule has 0 bridgehead atoms. The van der Waals surface area contributed by atoms with Crippen molar-refractivity contribution in [2.24, 2.45) is 0 Å². The maximum Gasteiger partial charge on any atom is 0.417 e. The Kier molecular flexibility index (Phi) is 9.65. The van der Waals surface area contributed by atoms with Gasteiger partial charge >= 0.3 is 6.18 Å². The van der Waals surface area contributed by atoms with Gasteiger partial charge in [0.15, 0.2) is 0 Å². The third kappa shape index (κ3) is 6.78. The van der Waals surface area contributed by atoms with E-state index in [1.165, 1.54) is 11.0 Å². The summed E-state index contributed by atoms with van der Waals surface area (Å²) in [7, 11) is 0. The van der Waals surface area contributed by atoms with E-state index in [2.05, 4.69) is 20.5 Å². The summed E-state index contributed by atoms with van der Waals surface area (Å²) in [5.41, 5.74) is 1.19. The lowest BCUT2D eigenvalue weighted by Crippen LogP contribution is -2.55. The smallest absolute Gasteiger partial charge is 0.417 e. The molecular formula is C32H35ClF3N5O3. The van der Waals surface area contributed by atoms with Gasteiger partial charge in [0.2, 0.25) is 5.88 Å². The Morgan fingerprint density at radius 3 is 2.59 bits per heavy atom. The van der Waals surface area contributed by atoms with Gasteiger partial charge in [0.25, 0.3) is 11.8 Å². The highest BCUT2D eigenvalue weighted by Crippen LogP contribution is 2.36. The SMILES string of the molecule is CCOc1ncccc1-c1ccc(N2CCN(C(=O)c3ccc(Cl)cc3C(F)(F)F)C[C@H]2CC)c(C(=O)NC[C@H]2CCN2)c1. The van der Waals surface area contributed by atoms with Crippen molar-refractivity contribution in [3.63, 3.8) is 0 Å². The quantitative estimate of drug-likeness (QED) is 0.318. The number of alkyl halides is 3. The maximum absolute atomic E-state index is 13.8. The van der Waals surface area contributed by atoms with Crippen LogP contribution in [0.1, 0.15) is 53.0 Å². The van der Waals surface area contributed by atoms with Crippen LogP contribution in [0.3, 0.4) is 0 Å². The van der Waals surface area contributed by atoms with Crippen molar-refractivity contribution in [1.29, 1.82) is 0 Å². The van der Waals surface area contributed by atoms with E-state index in [0.717, 1.165) is 36.2 Å². The molecule has 8 nitrogen and oxygen atoms in total. The number of halogens is 4. The highest BCUT2D eigenvalue weighted by molar-refractivity contribution is 6.30. The predicted molar refractivity (Wildman–Crippen MR) is 163 cm³/mol. The Hall–Kier alpha value is -3.83. The van der Waals surface area contributed by atoms with E-state index in [1.54, 1.807) is 6.20 Å². The van der Waals surface area contributed by atoms with Gasteiger partial charge in [-0.15, -0.1) is 0 Å².